The van der Waals surface area contributed by atoms with Gasteiger partial charge in [-0.1, -0.05) is 0 Å². The second-order valence-corrected chi connectivity index (χ2v) is 5.75. The fourth-order valence-corrected chi connectivity index (χ4v) is 3.36. The highest BCUT2D eigenvalue weighted by Gasteiger charge is 2.11. The monoisotopic (exact) mass is 231 g/mol. The average Bonchev–Trinajstić information content (AvgIpc) is 2.60. The number of aliphatic hydroxyl groups is 1. The molecule has 0 saturated carbocycles. The minimum Gasteiger partial charge on any atom is -0.396 e. The van der Waals surface area contributed by atoms with E-state index in [1.165, 1.54) is 9.75 Å². The molecule has 0 aliphatic rings. The molecule has 1 aromatic rings. The van der Waals surface area contributed by atoms with Crippen LogP contribution in [-0.4, -0.2) is 24.0 Å². The molecule has 0 radical (unpaired) electrons. The molecule has 0 spiro atoms. The lowest BCUT2D eigenvalue weighted by Gasteiger charge is -2.11. The van der Waals surface area contributed by atoms with E-state index in [-0.39, 0.29) is 6.61 Å². The van der Waals surface area contributed by atoms with E-state index < -0.39 is 0 Å². The van der Waals surface area contributed by atoms with E-state index >= 15 is 0 Å². The van der Waals surface area contributed by atoms with Gasteiger partial charge in [0.25, 0.3) is 0 Å². The number of thiophene rings is 1. The normalized spacial score (nSPS) is 13.1. The van der Waals surface area contributed by atoms with Crippen LogP contribution in [0, 0.1) is 6.92 Å². The van der Waals surface area contributed by atoms with E-state index in [4.69, 9.17) is 10.8 Å². The molecule has 14 heavy (non-hydrogen) atoms. The van der Waals surface area contributed by atoms with Gasteiger partial charge in [0.2, 0.25) is 0 Å². The Hall–Kier alpha value is -0.0300. The fourth-order valence-electron chi connectivity index (χ4n) is 1.18. The summed E-state index contributed by atoms with van der Waals surface area (Å²) >= 11 is 3.65. The van der Waals surface area contributed by atoms with Crippen molar-refractivity contribution in [2.24, 2.45) is 5.73 Å². The highest BCUT2D eigenvalue weighted by Crippen LogP contribution is 2.32. The molecule has 0 aromatic carbocycles. The van der Waals surface area contributed by atoms with E-state index in [2.05, 4.69) is 19.1 Å². The quantitative estimate of drug-likeness (QED) is 0.738. The van der Waals surface area contributed by atoms with Crippen LogP contribution in [0.25, 0.3) is 0 Å². The van der Waals surface area contributed by atoms with Crippen LogP contribution in [-0.2, 0) is 0 Å². The second kappa shape index (κ2) is 6.45. The Morgan fingerprint density at radius 1 is 1.57 bits per heavy atom. The number of hydrogen-bond acceptors (Lipinski definition) is 4. The largest absolute Gasteiger partial charge is 0.396 e. The molecule has 1 unspecified atom stereocenters. The van der Waals surface area contributed by atoms with Crippen molar-refractivity contribution < 1.29 is 5.11 Å². The molecular weight excluding hydrogens is 214 g/mol. The predicted octanol–water partition coefficient (Wildman–Crippen LogP) is 2.17. The number of aliphatic hydroxyl groups excluding tert-OH is 1. The number of nitrogens with two attached hydrogens (primary N) is 1. The van der Waals surface area contributed by atoms with Crippen LogP contribution in [0.1, 0.15) is 21.4 Å². The van der Waals surface area contributed by atoms with Gasteiger partial charge in [-0.3, -0.25) is 0 Å². The fraction of sp³-hybridized carbons (Fsp3) is 0.600. The maximum atomic E-state index is 8.68. The summed E-state index contributed by atoms with van der Waals surface area (Å²) in [6.45, 7) is 3.06. The first kappa shape index (κ1) is 12.0. The molecule has 4 heteroatoms. The summed E-state index contributed by atoms with van der Waals surface area (Å²) < 4.78 is 0. The van der Waals surface area contributed by atoms with Crippen molar-refractivity contribution in [1.82, 2.24) is 0 Å². The van der Waals surface area contributed by atoms with E-state index in [0.29, 0.717) is 11.8 Å². The van der Waals surface area contributed by atoms with E-state index in [1.807, 2.05) is 23.1 Å². The standard InChI is InChI=1S/C10H17NOS2/c1-8-3-4-9(14-8)10(7-11)13-6-2-5-12/h3-4,10,12H,2,5-7,11H2,1H3. The van der Waals surface area contributed by atoms with Gasteiger partial charge < -0.3 is 10.8 Å². The van der Waals surface area contributed by atoms with Crippen molar-refractivity contribution in [2.75, 3.05) is 18.9 Å². The molecule has 1 heterocycles. The Labute approximate surface area is 93.5 Å². The molecular formula is C10H17NOS2. The van der Waals surface area contributed by atoms with Gasteiger partial charge in [0.15, 0.2) is 0 Å². The second-order valence-electron chi connectivity index (χ2n) is 3.12. The van der Waals surface area contributed by atoms with Crippen LogP contribution >= 0.6 is 23.1 Å². The molecule has 0 aliphatic carbocycles. The van der Waals surface area contributed by atoms with Crippen LogP contribution in [0.5, 0.6) is 0 Å². The van der Waals surface area contributed by atoms with Gasteiger partial charge in [0.05, 0.1) is 5.25 Å². The van der Waals surface area contributed by atoms with Gasteiger partial charge in [0.1, 0.15) is 0 Å². The van der Waals surface area contributed by atoms with Crippen molar-refractivity contribution in [3.05, 3.63) is 21.9 Å². The van der Waals surface area contributed by atoms with Gasteiger partial charge in [-0.05, 0) is 31.2 Å². The molecule has 80 valence electrons. The minimum absolute atomic E-state index is 0.272. The lowest BCUT2D eigenvalue weighted by Crippen LogP contribution is -2.08. The first-order valence-corrected chi connectivity index (χ1v) is 6.63. The molecule has 0 saturated heterocycles. The van der Waals surface area contributed by atoms with Crippen LogP contribution in [0.2, 0.25) is 0 Å². The summed E-state index contributed by atoms with van der Waals surface area (Å²) in [4.78, 5) is 2.69. The maximum absolute atomic E-state index is 8.68. The summed E-state index contributed by atoms with van der Waals surface area (Å²) in [5.74, 6) is 0.981. The van der Waals surface area contributed by atoms with Gasteiger partial charge in [-0.25, -0.2) is 0 Å². The van der Waals surface area contributed by atoms with Crippen LogP contribution in [0.15, 0.2) is 12.1 Å². The molecule has 0 amide bonds. The molecule has 0 bridgehead atoms. The summed E-state index contributed by atoms with van der Waals surface area (Å²) in [5, 5.41) is 9.09. The number of thioether (sulfide) groups is 1. The van der Waals surface area contributed by atoms with Crippen molar-refractivity contribution in [3.8, 4) is 0 Å². The Morgan fingerprint density at radius 2 is 2.36 bits per heavy atom. The predicted molar refractivity (Wildman–Crippen MR) is 65.0 cm³/mol. The number of rotatable bonds is 6. The molecule has 1 aromatic heterocycles. The Balaban J connectivity index is 2.45. The Bertz CT molecular complexity index is 262. The van der Waals surface area contributed by atoms with E-state index in [0.717, 1.165) is 12.2 Å². The third-order valence-electron chi connectivity index (χ3n) is 1.91. The van der Waals surface area contributed by atoms with Crippen LogP contribution < -0.4 is 5.73 Å². The highest BCUT2D eigenvalue weighted by atomic mass is 32.2. The van der Waals surface area contributed by atoms with Gasteiger partial charge in [-0.2, -0.15) is 11.8 Å². The molecule has 3 N–H and O–H groups in total. The summed E-state index contributed by atoms with van der Waals surface area (Å²) in [7, 11) is 0. The van der Waals surface area contributed by atoms with E-state index in [1.54, 1.807) is 0 Å². The number of aryl methyl sites for hydroxylation is 1. The molecule has 2 nitrogen and oxygen atoms in total. The summed E-state index contributed by atoms with van der Waals surface area (Å²) in [6, 6.07) is 4.29. The highest BCUT2D eigenvalue weighted by molar-refractivity contribution is 7.99. The Morgan fingerprint density at radius 3 is 2.86 bits per heavy atom. The maximum Gasteiger partial charge on any atom is 0.0513 e. The summed E-state index contributed by atoms with van der Waals surface area (Å²) in [6.07, 6.45) is 0.853. The van der Waals surface area contributed by atoms with Gasteiger partial charge >= 0.3 is 0 Å². The topological polar surface area (TPSA) is 46.2 Å². The minimum atomic E-state index is 0.272. The zero-order valence-electron chi connectivity index (χ0n) is 8.40. The third kappa shape index (κ3) is 3.61. The van der Waals surface area contributed by atoms with Gasteiger partial charge in [-0.15, -0.1) is 11.3 Å². The first-order valence-electron chi connectivity index (χ1n) is 4.76. The van der Waals surface area contributed by atoms with Crippen LogP contribution in [0.4, 0.5) is 0 Å². The molecule has 1 rings (SSSR count). The summed E-state index contributed by atoms with van der Waals surface area (Å²) in [5.41, 5.74) is 5.72. The zero-order chi connectivity index (χ0) is 10.4. The lowest BCUT2D eigenvalue weighted by atomic mass is 10.3. The SMILES string of the molecule is Cc1ccc(C(CN)SCCCO)s1. The molecule has 0 aliphatic heterocycles. The van der Waals surface area contributed by atoms with Crippen LogP contribution in [0.3, 0.4) is 0 Å². The van der Waals surface area contributed by atoms with Gasteiger partial charge in [0, 0.05) is 22.9 Å². The lowest BCUT2D eigenvalue weighted by molar-refractivity contribution is 0.296. The van der Waals surface area contributed by atoms with Crippen molar-refractivity contribution >= 4 is 23.1 Å². The molecule has 0 fully saturated rings. The molecule has 1 atom stereocenters. The first-order chi connectivity index (χ1) is 6.77. The van der Waals surface area contributed by atoms with Crippen molar-refractivity contribution in [2.45, 2.75) is 18.6 Å². The van der Waals surface area contributed by atoms with Crippen molar-refractivity contribution in [3.63, 3.8) is 0 Å². The average molecular weight is 231 g/mol. The smallest absolute Gasteiger partial charge is 0.0513 e. The third-order valence-corrected chi connectivity index (χ3v) is 4.55. The van der Waals surface area contributed by atoms with E-state index in [9.17, 15) is 0 Å². The Kier molecular flexibility index (Phi) is 5.55. The number of hydrogen-bond donors (Lipinski definition) is 2. The van der Waals surface area contributed by atoms with Crippen molar-refractivity contribution in [1.29, 1.82) is 0 Å². The zero-order valence-corrected chi connectivity index (χ0v) is 10.0.